The van der Waals surface area contributed by atoms with E-state index in [0.717, 1.165) is 19.4 Å². The fourth-order valence-corrected chi connectivity index (χ4v) is 3.27. The van der Waals surface area contributed by atoms with Gasteiger partial charge in [0.2, 0.25) is 5.91 Å². The highest BCUT2D eigenvalue weighted by atomic mass is 16.6. The summed E-state index contributed by atoms with van der Waals surface area (Å²) in [5, 5.41) is 6.59. The molecule has 1 aliphatic heterocycles. The Balaban J connectivity index is 1.93. The third-order valence-corrected chi connectivity index (χ3v) is 4.85. The van der Waals surface area contributed by atoms with Crippen molar-refractivity contribution in [2.45, 2.75) is 71.9 Å². The molecule has 0 aromatic heterocycles. The lowest BCUT2D eigenvalue weighted by Crippen LogP contribution is -2.51. The summed E-state index contributed by atoms with van der Waals surface area (Å²) in [7, 11) is 0. The number of rotatable bonds is 7. The Hall–Kier alpha value is -1.30. The molecule has 0 spiro atoms. The zero-order valence-corrected chi connectivity index (χ0v) is 17.1. The monoisotopic (exact) mass is 367 g/mol. The molecule has 6 heteroatoms. The molecule has 1 saturated carbocycles. The van der Waals surface area contributed by atoms with E-state index in [1.54, 1.807) is 4.90 Å². The van der Waals surface area contributed by atoms with Gasteiger partial charge in [0.25, 0.3) is 0 Å². The first kappa shape index (κ1) is 21.0. The molecule has 2 fully saturated rings. The molecule has 0 aromatic carbocycles. The van der Waals surface area contributed by atoms with Gasteiger partial charge in [-0.1, -0.05) is 13.8 Å². The molecule has 150 valence electrons. The Labute approximate surface area is 158 Å². The molecule has 1 aliphatic carbocycles. The molecule has 1 heterocycles. The van der Waals surface area contributed by atoms with Crippen molar-refractivity contribution in [2.24, 2.45) is 17.8 Å². The second kappa shape index (κ2) is 9.07. The first-order valence-corrected chi connectivity index (χ1v) is 10.1. The van der Waals surface area contributed by atoms with Gasteiger partial charge in [0.05, 0.1) is 5.92 Å². The van der Waals surface area contributed by atoms with Crippen LogP contribution in [0.25, 0.3) is 0 Å². The number of carbonyl (C=O) groups excluding carboxylic acids is 2. The van der Waals surface area contributed by atoms with Crippen LogP contribution in [0.5, 0.6) is 0 Å². The van der Waals surface area contributed by atoms with Crippen LogP contribution in [0.3, 0.4) is 0 Å². The molecule has 2 amide bonds. The van der Waals surface area contributed by atoms with E-state index in [1.807, 2.05) is 20.8 Å². The molecular weight excluding hydrogens is 330 g/mol. The molecule has 1 saturated heterocycles. The molecule has 6 nitrogen and oxygen atoms in total. The van der Waals surface area contributed by atoms with E-state index in [4.69, 9.17) is 4.74 Å². The Morgan fingerprint density at radius 2 is 1.88 bits per heavy atom. The zero-order chi connectivity index (χ0) is 19.3. The van der Waals surface area contributed by atoms with Crippen LogP contribution in [0.4, 0.5) is 4.79 Å². The van der Waals surface area contributed by atoms with E-state index in [-0.39, 0.29) is 23.8 Å². The Morgan fingerprint density at radius 1 is 1.19 bits per heavy atom. The summed E-state index contributed by atoms with van der Waals surface area (Å²) in [5.74, 6) is 0.762. The predicted octanol–water partition coefficient (Wildman–Crippen LogP) is 2.77. The van der Waals surface area contributed by atoms with Crippen LogP contribution < -0.4 is 10.6 Å². The number of amides is 2. The maximum atomic E-state index is 12.6. The minimum Gasteiger partial charge on any atom is -0.444 e. The molecule has 0 bridgehead atoms. The highest BCUT2D eigenvalue weighted by Gasteiger charge is 2.36. The van der Waals surface area contributed by atoms with Crippen LogP contribution in [-0.2, 0) is 9.53 Å². The van der Waals surface area contributed by atoms with Gasteiger partial charge in [0, 0.05) is 25.7 Å². The summed E-state index contributed by atoms with van der Waals surface area (Å²) in [4.78, 5) is 26.9. The molecule has 2 N–H and O–H groups in total. The molecule has 2 rings (SSSR count). The Bertz CT molecular complexity index is 483. The van der Waals surface area contributed by atoms with Gasteiger partial charge in [-0.05, 0) is 64.8 Å². The summed E-state index contributed by atoms with van der Waals surface area (Å²) < 4.78 is 5.54. The smallest absolute Gasteiger partial charge is 0.410 e. The fraction of sp³-hybridized carbons (Fsp3) is 0.900. The van der Waals surface area contributed by atoms with E-state index in [2.05, 4.69) is 24.5 Å². The Morgan fingerprint density at radius 3 is 2.46 bits per heavy atom. The zero-order valence-electron chi connectivity index (χ0n) is 17.1. The number of carbonyl (C=O) groups is 2. The molecule has 26 heavy (non-hydrogen) atoms. The summed E-state index contributed by atoms with van der Waals surface area (Å²) in [5.41, 5.74) is -0.523. The normalized spacial score (nSPS) is 23.8. The van der Waals surface area contributed by atoms with E-state index < -0.39 is 5.60 Å². The van der Waals surface area contributed by atoms with E-state index in [1.165, 1.54) is 12.8 Å². The van der Waals surface area contributed by atoms with Crippen molar-refractivity contribution in [3.63, 3.8) is 0 Å². The third kappa shape index (κ3) is 7.52. The van der Waals surface area contributed by atoms with Gasteiger partial charge in [0.1, 0.15) is 5.60 Å². The molecule has 2 aliphatic rings. The van der Waals surface area contributed by atoms with Crippen molar-refractivity contribution < 1.29 is 14.3 Å². The molecule has 0 radical (unpaired) electrons. The number of hydrogen-bond donors (Lipinski definition) is 2. The van der Waals surface area contributed by atoms with Crippen molar-refractivity contribution >= 4 is 12.0 Å². The van der Waals surface area contributed by atoms with Crippen LogP contribution in [0, 0.1) is 17.8 Å². The van der Waals surface area contributed by atoms with Gasteiger partial charge in [-0.2, -0.15) is 0 Å². The first-order valence-electron chi connectivity index (χ1n) is 10.1. The number of nitrogens with zero attached hydrogens (tertiary/aromatic N) is 1. The fourth-order valence-electron chi connectivity index (χ4n) is 3.27. The van der Waals surface area contributed by atoms with Gasteiger partial charge in [-0.25, -0.2) is 4.79 Å². The van der Waals surface area contributed by atoms with Crippen molar-refractivity contribution in [1.29, 1.82) is 0 Å². The van der Waals surface area contributed by atoms with Crippen LogP contribution in [0.2, 0.25) is 0 Å². The maximum Gasteiger partial charge on any atom is 0.410 e. The van der Waals surface area contributed by atoms with Crippen molar-refractivity contribution in [3.8, 4) is 0 Å². The van der Waals surface area contributed by atoms with Crippen LogP contribution in [0.15, 0.2) is 0 Å². The van der Waals surface area contributed by atoms with E-state index in [9.17, 15) is 9.59 Å². The molecule has 2 atom stereocenters. The van der Waals surface area contributed by atoms with Gasteiger partial charge in [-0.3, -0.25) is 4.79 Å². The minimum atomic E-state index is -0.523. The van der Waals surface area contributed by atoms with Gasteiger partial charge in [0.15, 0.2) is 0 Å². The second-order valence-electron chi connectivity index (χ2n) is 9.34. The van der Waals surface area contributed by atoms with Gasteiger partial charge < -0.3 is 20.3 Å². The summed E-state index contributed by atoms with van der Waals surface area (Å²) in [6.07, 6.45) is 3.96. The van der Waals surface area contributed by atoms with Crippen molar-refractivity contribution in [3.05, 3.63) is 0 Å². The average molecular weight is 368 g/mol. The minimum absolute atomic E-state index is 0.0651. The number of nitrogens with one attached hydrogen (secondary N) is 2. The molecule has 0 aromatic rings. The third-order valence-electron chi connectivity index (χ3n) is 4.85. The van der Waals surface area contributed by atoms with Gasteiger partial charge in [-0.15, -0.1) is 0 Å². The summed E-state index contributed by atoms with van der Waals surface area (Å²) in [6, 6.07) is 0.630. The summed E-state index contributed by atoms with van der Waals surface area (Å²) in [6.45, 7) is 12.6. The van der Waals surface area contributed by atoms with Gasteiger partial charge >= 0.3 is 6.09 Å². The van der Waals surface area contributed by atoms with Crippen molar-refractivity contribution in [2.75, 3.05) is 26.2 Å². The largest absolute Gasteiger partial charge is 0.444 e. The predicted molar refractivity (Wildman–Crippen MR) is 103 cm³/mol. The number of ether oxygens (including phenoxy) is 1. The van der Waals surface area contributed by atoms with Crippen LogP contribution in [0.1, 0.15) is 60.3 Å². The average Bonchev–Trinajstić information content (AvgIpc) is 3.35. The Kier molecular flexibility index (Phi) is 7.33. The second-order valence-corrected chi connectivity index (χ2v) is 9.34. The SMILES string of the molecule is CC(C)CCNC(=O)[C@H]1C[C@H](CNC2CC2)CN(C(=O)OC(C)(C)C)C1. The number of piperidine rings is 1. The number of likely N-dealkylation sites (tertiary alicyclic amines) is 1. The first-order chi connectivity index (χ1) is 12.1. The highest BCUT2D eigenvalue weighted by Crippen LogP contribution is 2.25. The van der Waals surface area contributed by atoms with Crippen molar-refractivity contribution in [1.82, 2.24) is 15.5 Å². The topological polar surface area (TPSA) is 70.7 Å². The molecule has 0 unspecified atom stereocenters. The lowest BCUT2D eigenvalue weighted by Gasteiger charge is -2.38. The highest BCUT2D eigenvalue weighted by molar-refractivity contribution is 5.80. The maximum absolute atomic E-state index is 12.6. The van der Waals surface area contributed by atoms with Crippen LogP contribution >= 0.6 is 0 Å². The molecular formula is C20H37N3O3. The van der Waals surface area contributed by atoms with E-state index >= 15 is 0 Å². The van der Waals surface area contributed by atoms with E-state index in [0.29, 0.717) is 31.6 Å². The quantitative estimate of drug-likeness (QED) is 0.726. The summed E-state index contributed by atoms with van der Waals surface area (Å²) >= 11 is 0. The lowest BCUT2D eigenvalue weighted by atomic mass is 9.88. The lowest BCUT2D eigenvalue weighted by molar-refractivity contribution is -0.127. The standard InChI is InChI=1S/C20H37N3O3/c1-14(2)8-9-21-18(24)16-10-15(11-22-17-6-7-17)12-23(13-16)19(25)26-20(3,4)5/h14-17,22H,6-13H2,1-5H3,(H,21,24)/t15-,16+/m1/s1. The number of hydrogen-bond acceptors (Lipinski definition) is 4. The van der Waals surface area contributed by atoms with Crippen LogP contribution in [-0.4, -0.2) is 54.7 Å².